The maximum atomic E-state index is 13.1. The van der Waals surface area contributed by atoms with Gasteiger partial charge in [0.1, 0.15) is 5.78 Å². The lowest BCUT2D eigenvalue weighted by Crippen LogP contribution is -2.48. The highest BCUT2D eigenvalue weighted by Crippen LogP contribution is 2.59. The molecule has 1 N–H and O–H groups in total. The summed E-state index contributed by atoms with van der Waals surface area (Å²) in [6.07, 6.45) is 0.864. The fourth-order valence-corrected chi connectivity index (χ4v) is 5.15. The molecule has 2 heterocycles. The number of rotatable bonds is 5. The lowest BCUT2D eigenvalue weighted by molar-refractivity contribution is -0.153. The first kappa shape index (κ1) is 19.9. The third kappa shape index (κ3) is 2.70. The van der Waals surface area contributed by atoms with Crippen molar-refractivity contribution in [2.45, 2.75) is 38.8 Å². The van der Waals surface area contributed by atoms with E-state index in [1.165, 1.54) is 5.56 Å². The molecule has 0 aliphatic carbocycles. The number of fused-ring (bicyclic) bond motifs is 3. The monoisotopic (exact) mass is 390 g/mol. The van der Waals surface area contributed by atoms with E-state index in [4.69, 9.17) is 0 Å². The number of hydrogen-bond donors (Lipinski definition) is 1. The number of aromatic nitrogens is 1. The number of ketones is 1. The molecular weight excluding hydrogens is 360 g/mol. The summed E-state index contributed by atoms with van der Waals surface area (Å²) >= 11 is 0. The van der Waals surface area contributed by atoms with Crippen LogP contribution >= 0.6 is 0 Å². The van der Waals surface area contributed by atoms with Crippen LogP contribution in [0.5, 0.6) is 0 Å². The summed E-state index contributed by atoms with van der Waals surface area (Å²) in [6, 6.07) is 18.4. The third-order valence-corrected chi connectivity index (χ3v) is 6.96. The molecule has 4 heteroatoms. The van der Waals surface area contributed by atoms with Gasteiger partial charge in [-0.3, -0.25) is 4.79 Å². The molecule has 0 saturated heterocycles. The second-order valence-corrected chi connectivity index (χ2v) is 8.89. The van der Waals surface area contributed by atoms with Crippen LogP contribution in [0.2, 0.25) is 0 Å². The molecule has 0 saturated carbocycles. The highest BCUT2D eigenvalue weighted by molar-refractivity contribution is 5.91. The van der Waals surface area contributed by atoms with Crippen molar-refractivity contribution in [2.24, 2.45) is 5.41 Å². The molecule has 4 rings (SSSR count). The number of carbonyl (C=O) groups excluding carboxylic acids is 1. The average molecular weight is 391 g/mol. The van der Waals surface area contributed by atoms with Crippen LogP contribution in [-0.4, -0.2) is 41.0 Å². The van der Waals surface area contributed by atoms with Gasteiger partial charge in [0.2, 0.25) is 0 Å². The molecule has 1 aliphatic rings. The Hall–Kier alpha value is -2.43. The molecule has 0 bridgehead atoms. The summed E-state index contributed by atoms with van der Waals surface area (Å²) in [5.41, 5.74) is 2.08. The van der Waals surface area contributed by atoms with E-state index in [1.807, 2.05) is 41.8 Å². The topological polar surface area (TPSA) is 45.5 Å². The maximum absolute atomic E-state index is 13.1. The Morgan fingerprint density at radius 3 is 2.31 bits per heavy atom. The minimum atomic E-state index is -1.33. The second kappa shape index (κ2) is 6.82. The molecule has 3 aromatic rings. The fourth-order valence-electron chi connectivity index (χ4n) is 5.15. The van der Waals surface area contributed by atoms with Crippen LogP contribution in [0.3, 0.4) is 0 Å². The van der Waals surface area contributed by atoms with E-state index in [0.717, 1.165) is 35.1 Å². The molecule has 29 heavy (non-hydrogen) atoms. The summed E-state index contributed by atoms with van der Waals surface area (Å²) < 4.78 is 2.03. The van der Waals surface area contributed by atoms with E-state index in [2.05, 4.69) is 43.3 Å². The van der Waals surface area contributed by atoms with Crippen LogP contribution in [-0.2, 0) is 16.9 Å². The minimum absolute atomic E-state index is 0.00249. The first-order valence-electron chi connectivity index (χ1n) is 10.3. The van der Waals surface area contributed by atoms with Crippen LogP contribution in [0.15, 0.2) is 54.6 Å². The molecule has 0 amide bonds. The van der Waals surface area contributed by atoms with Crippen molar-refractivity contribution in [1.82, 2.24) is 9.47 Å². The number of nitrogens with zero attached hydrogens (tertiary/aromatic N) is 2. The van der Waals surface area contributed by atoms with E-state index in [9.17, 15) is 9.90 Å². The van der Waals surface area contributed by atoms with Gasteiger partial charge >= 0.3 is 0 Å². The highest BCUT2D eigenvalue weighted by Gasteiger charge is 2.62. The molecule has 4 nitrogen and oxygen atoms in total. The number of para-hydroxylation sites is 1. The highest BCUT2D eigenvalue weighted by atomic mass is 16.3. The zero-order valence-corrected chi connectivity index (χ0v) is 17.9. The molecule has 152 valence electrons. The Labute approximate surface area is 172 Å². The summed E-state index contributed by atoms with van der Waals surface area (Å²) in [5.74, 6) is -0.205. The van der Waals surface area contributed by atoms with Gasteiger partial charge < -0.3 is 14.6 Å². The number of Topliss-reactive ketones (excluding diaryl/α,β-unsaturated/α-hetero) is 1. The van der Waals surface area contributed by atoms with Crippen LogP contribution in [0, 0.1) is 5.41 Å². The first-order chi connectivity index (χ1) is 13.7. The summed E-state index contributed by atoms with van der Waals surface area (Å²) in [6.45, 7) is 6.23. The standard InChI is InChI=1S/C25H30N2O2/c1-17(28)24(2)22(18-11-7-6-8-12-18)23-20(15-16-26(4)5)19-13-9-10-14-21(19)27(23)25(24,3)29/h6-14,22,29H,15-16H2,1-5H3/t22-,24-,25+/m1/s1. The van der Waals surface area contributed by atoms with Crippen molar-refractivity contribution in [3.8, 4) is 0 Å². The normalized spacial score (nSPS) is 26.2. The predicted octanol–water partition coefficient (Wildman–Crippen LogP) is 4.15. The van der Waals surface area contributed by atoms with Crippen LogP contribution in [0.4, 0.5) is 0 Å². The van der Waals surface area contributed by atoms with Crippen LogP contribution < -0.4 is 0 Å². The quantitative estimate of drug-likeness (QED) is 0.712. The Kier molecular flexibility index (Phi) is 4.67. The Bertz CT molecular complexity index is 1070. The Morgan fingerprint density at radius 2 is 1.69 bits per heavy atom. The van der Waals surface area contributed by atoms with Crippen LogP contribution in [0.25, 0.3) is 10.9 Å². The zero-order chi connectivity index (χ0) is 21.0. The molecule has 2 aromatic carbocycles. The van der Waals surface area contributed by atoms with Crippen molar-refractivity contribution in [1.29, 1.82) is 0 Å². The molecule has 0 fully saturated rings. The summed E-state index contributed by atoms with van der Waals surface area (Å²) in [7, 11) is 4.14. The Morgan fingerprint density at radius 1 is 1.07 bits per heavy atom. The largest absolute Gasteiger partial charge is 0.370 e. The van der Waals surface area contributed by atoms with Crippen molar-refractivity contribution < 1.29 is 9.90 Å². The van der Waals surface area contributed by atoms with Crippen molar-refractivity contribution in [3.63, 3.8) is 0 Å². The molecule has 0 spiro atoms. The second-order valence-electron chi connectivity index (χ2n) is 8.89. The van der Waals surface area contributed by atoms with Gasteiger partial charge in [-0.15, -0.1) is 0 Å². The molecule has 3 atom stereocenters. The van der Waals surface area contributed by atoms with Crippen LogP contribution in [0.1, 0.15) is 43.5 Å². The van der Waals surface area contributed by atoms with E-state index in [-0.39, 0.29) is 11.7 Å². The zero-order valence-electron chi connectivity index (χ0n) is 17.9. The van der Waals surface area contributed by atoms with Gasteiger partial charge in [0.25, 0.3) is 0 Å². The van der Waals surface area contributed by atoms with Gasteiger partial charge in [-0.2, -0.15) is 0 Å². The van der Waals surface area contributed by atoms with Crippen molar-refractivity contribution in [2.75, 3.05) is 20.6 Å². The van der Waals surface area contributed by atoms with Gasteiger partial charge in [0.15, 0.2) is 5.72 Å². The fraction of sp³-hybridized carbons (Fsp3) is 0.400. The molecule has 0 radical (unpaired) electrons. The van der Waals surface area contributed by atoms with E-state index < -0.39 is 11.1 Å². The number of carbonyl (C=O) groups is 1. The average Bonchev–Trinajstić information content (AvgIpc) is 3.10. The Balaban J connectivity index is 2.09. The smallest absolute Gasteiger partial charge is 0.152 e. The van der Waals surface area contributed by atoms with Gasteiger partial charge in [0, 0.05) is 23.5 Å². The van der Waals surface area contributed by atoms with Gasteiger partial charge in [-0.1, -0.05) is 48.5 Å². The van der Waals surface area contributed by atoms with Gasteiger partial charge in [-0.25, -0.2) is 0 Å². The van der Waals surface area contributed by atoms with E-state index in [1.54, 1.807) is 13.8 Å². The molecule has 1 aromatic heterocycles. The number of likely N-dealkylation sites (N-methyl/N-ethyl adjacent to an activating group) is 1. The maximum Gasteiger partial charge on any atom is 0.152 e. The summed E-state index contributed by atoms with van der Waals surface area (Å²) in [4.78, 5) is 15.2. The van der Waals surface area contributed by atoms with E-state index >= 15 is 0 Å². The first-order valence-corrected chi connectivity index (χ1v) is 10.3. The minimum Gasteiger partial charge on any atom is -0.370 e. The predicted molar refractivity (Wildman–Crippen MR) is 117 cm³/mol. The molecule has 1 aliphatic heterocycles. The van der Waals surface area contributed by atoms with Gasteiger partial charge in [-0.05, 0) is 58.5 Å². The number of benzene rings is 2. The van der Waals surface area contributed by atoms with Gasteiger partial charge in [0.05, 0.1) is 10.9 Å². The lowest BCUT2D eigenvalue weighted by Gasteiger charge is -2.39. The number of hydrogen-bond acceptors (Lipinski definition) is 3. The van der Waals surface area contributed by atoms with E-state index in [0.29, 0.717) is 0 Å². The third-order valence-electron chi connectivity index (χ3n) is 6.96. The molecule has 0 unspecified atom stereocenters. The van der Waals surface area contributed by atoms with Crippen molar-refractivity contribution in [3.05, 3.63) is 71.4 Å². The molecular formula is C25H30N2O2. The SMILES string of the molecule is CC(=O)[C@]1(C)[C@H](c2ccccc2)c2c(CCN(C)C)c3ccccc3n2[C@@]1(C)O. The van der Waals surface area contributed by atoms with Crippen molar-refractivity contribution >= 4 is 16.7 Å². The summed E-state index contributed by atoms with van der Waals surface area (Å²) in [5, 5.41) is 13.1. The lowest BCUT2D eigenvalue weighted by atomic mass is 9.65. The number of aliphatic hydroxyl groups is 1.